The molecule has 2 aliphatic rings. The van der Waals surface area contributed by atoms with Crippen LogP contribution in [0.15, 0.2) is 60.7 Å². The second kappa shape index (κ2) is 12.7. The lowest BCUT2D eigenvalue weighted by Crippen LogP contribution is -2.45. The monoisotopic (exact) mass is 463 g/mol. The first-order valence-electron chi connectivity index (χ1n) is 10.3. The Morgan fingerprint density at radius 2 is 1.19 bits per heavy atom. The largest absolute Gasteiger partial charge is 0.481 e. The van der Waals surface area contributed by atoms with Crippen molar-refractivity contribution in [1.29, 1.82) is 5.26 Å². The van der Waals surface area contributed by atoms with Crippen molar-refractivity contribution in [2.75, 3.05) is 26.2 Å². The van der Waals surface area contributed by atoms with Crippen LogP contribution in [0.5, 0.6) is 0 Å². The van der Waals surface area contributed by atoms with E-state index in [9.17, 15) is 15.2 Å². The van der Waals surface area contributed by atoms with Gasteiger partial charge >= 0.3 is 5.97 Å². The highest BCUT2D eigenvalue weighted by atomic mass is 35.5. The molecule has 0 saturated carbocycles. The number of carbonyl (C=O) groups is 1. The van der Waals surface area contributed by atoms with E-state index in [1.54, 1.807) is 0 Å². The van der Waals surface area contributed by atoms with Crippen molar-refractivity contribution in [3.8, 4) is 6.07 Å². The Bertz CT molecular complexity index is 829. The number of hydrogen-bond donors (Lipinski definition) is 3. The summed E-state index contributed by atoms with van der Waals surface area (Å²) in [6.45, 7) is 3.45. The molecular weight excluding hydrogens is 433 g/mol. The average molecular weight is 464 g/mol. The number of nitriles is 1. The highest BCUT2D eigenvalue weighted by molar-refractivity contribution is 5.85. The molecule has 0 spiro atoms. The Hall–Kier alpha value is -2.10. The molecule has 31 heavy (non-hydrogen) atoms. The quantitative estimate of drug-likeness (QED) is 0.638. The van der Waals surface area contributed by atoms with E-state index in [4.69, 9.17) is 0 Å². The number of nitrogens with zero attached hydrogens (tertiary/aromatic N) is 1. The molecule has 2 aromatic rings. The van der Waals surface area contributed by atoms with E-state index >= 15 is 0 Å². The second-order valence-corrected chi connectivity index (χ2v) is 7.81. The minimum absolute atomic E-state index is 0. The first-order chi connectivity index (χ1) is 14.1. The van der Waals surface area contributed by atoms with Crippen LogP contribution in [0, 0.1) is 11.3 Å². The summed E-state index contributed by atoms with van der Waals surface area (Å²) in [4.78, 5) is 11.4. The number of carboxylic acids is 1. The second-order valence-electron chi connectivity index (χ2n) is 7.81. The van der Waals surface area contributed by atoms with Crippen LogP contribution in [-0.4, -0.2) is 37.3 Å². The van der Waals surface area contributed by atoms with E-state index in [0.29, 0.717) is 12.8 Å². The van der Waals surface area contributed by atoms with E-state index in [0.717, 1.165) is 44.6 Å². The summed E-state index contributed by atoms with van der Waals surface area (Å²) < 4.78 is 0. The molecule has 4 rings (SSSR count). The summed E-state index contributed by atoms with van der Waals surface area (Å²) in [5.41, 5.74) is 1.18. The topological polar surface area (TPSA) is 85.2 Å². The summed E-state index contributed by atoms with van der Waals surface area (Å²) in [6.07, 6.45) is 3.19. The number of piperidine rings is 2. The van der Waals surface area contributed by atoms with Crippen molar-refractivity contribution < 1.29 is 9.90 Å². The van der Waals surface area contributed by atoms with E-state index < -0.39 is 11.4 Å². The molecule has 5 nitrogen and oxygen atoms in total. The number of carboxylic acid groups (broad SMARTS) is 1. The molecule has 0 unspecified atom stereocenters. The molecule has 2 aliphatic heterocycles. The Balaban J connectivity index is 0.000000292. The van der Waals surface area contributed by atoms with Gasteiger partial charge in [-0.15, -0.1) is 24.8 Å². The zero-order valence-corrected chi connectivity index (χ0v) is 19.2. The highest BCUT2D eigenvalue weighted by Gasteiger charge is 2.41. The molecule has 0 aromatic heterocycles. The third-order valence-electron chi connectivity index (χ3n) is 6.19. The van der Waals surface area contributed by atoms with Crippen LogP contribution in [0.1, 0.15) is 36.8 Å². The summed E-state index contributed by atoms with van der Waals surface area (Å²) in [5.74, 6) is -0.699. The molecule has 2 aromatic carbocycles. The Labute approximate surface area is 197 Å². The molecule has 0 aliphatic carbocycles. The predicted octanol–water partition coefficient (Wildman–Crippen LogP) is 4.07. The van der Waals surface area contributed by atoms with Crippen LogP contribution in [0.25, 0.3) is 0 Å². The maximum absolute atomic E-state index is 11.4. The van der Waals surface area contributed by atoms with Gasteiger partial charge in [-0.25, -0.2) is 0 Å². The van der Waals surface area contributed by atoms with Crippen LogP contribution >= 0.6 is 24.8 Å². The maximum atomic E-state index is 11.4. The normalized spacial score (nSPS) is 18.5. The number of benzene rings is 2. The van der Waals surface area contributed by atoms with Gasteiger partial charge in [0.25, 0.3) is 0 Å². The van der Waals surface area contributed by atoms with Crippen molar-refractivity contribution in [2.45, 2.75) is 36.5 Å². The van der Waals surface area contributed by atoms with Crippen molar-refractivity contribution in [2.24, 2.45) is 0 Å². The number of hydrogen-bond acceptors (Lipinski definition) is 4. The van der Waals surface area contributed by atoms with Gasteiger partial charge < -0.3 is 15.7 Å². The minimum Gasteiger partial charge on any atom is -0.481 e. The van der Waals surface area contributed by atoms with Crippen LogP contribution in [0.2, 0.25) is 0 Å². The number of aliphatic carboxylic acids is 1. The molecule has 0 amide bonds. The number of halogens is 2. The molecule has 7 heteroatoms. The van der Waals surface area contributed by atoms with E-state index in [2.05, 4.69) is 28.8 Å². The van der Waals surface area contributed by atoms with Crippen molar-refractivity contribution in [3.63, 3.8) is 0 Å². The molecule has 168 valence electrons. The van der Waals surface area contributed by atoms with Gasteiger partial charge in [-0.3, -0.25) is 4.79 Å². The molecule has 2 heterocycles. The molecular formula is C24H31Cl2N3O2. The summed E-state index contributed by atoms with van der Waals surface area (Å²) >= 11 is 0. The van der Waals surface area contributed by atoms with Crippen molar-refractivity contribution in [3.05, 3.63) is 71.8 Å². The zero-order valence-electron chi connectivity index (χ0n) is 17.5. The molecule has 0 atom stereocenters. The summed E-state index contributed by atoms with van der Waals surface area (Å²) in [7, 11) is 0. The van der Waals surface area contributed by atoms with Gasteiger partial charge in [0, 0.05) is 0 Å². The summed E-state index contributed by atoms with van der Waals surface area (Å²) in [6, 6.07) is 22.2. The van der Waals surface area contributed by atoms with Crippen molar-refractivity contribution in [1.82, 2.24) is 10.6 Å². The average Bonchev–Trinajstić information content (AvgIpc) is 2.81. The first-order valence-corrected chi connectivity index (χ1v) is 10.3. The first kappa shape index (κ1) is 26.9. The molecule has 0 radical (unpaired) electrons. The Kier molecular flexibility index (Phi) is 11.0. The molecule has 0 bridgehead atoms. The fourth-order valence-electron chi connectivity index (χ4n) is 4.31. The van der Waals surface area contributed by atoms with E-state index in [1.807, 2.05) is 48.5 Å². The van der Waals surface area contributed by atoms with E-state index in [-0.39, 0.29) is 30.2 Å². The number of nitrogens with one attached hydrogen (secondary N) is 2. The Morgan fingerprint density at radius 1 is 0.774 bits per heavy atom. The molecule has 2 fully saturated rings. The maximum Gasteiger partial charge on any atom is 0.314 e. The van der Waals surface area contributed by atoms with E-state index in [1.165, 1.54) is 5.56 Å². The van der Waals surface area contributed by atoms with Crippen LogP contribution < -0.4 is 10.6 Å². The van der Waals surface area contributed by atoms with Gasteiger partial charge in [0.15, 0.2) is 0 Å². The fourth-order valence-corrected chi connectivity index (χ4v) is 4.31. The number of rotatable bonds is 3. The van der Waals surface area contributed by atoms with Crippen LogP contribution in [0.3, 0.4) is 0 Å². The Morgan fingerprint density at radius 3 is 1.61 bits per heavy atom. The van der Waals surface area contributed by atoms with Crippen molar-refractivity contribution >= 4 is 30.8 Å². The zero-order chi connectivity index (χ0) is 20.6. The van der Waals surface area contributed by atoms with Gasteiger partial charge in [-0.2, -0.15) is 5.26 Å². The molecule has 2 saturated heterocycles. The van der Waals surface area contributed by atoms with Gasteiger partial charge in [-0.1, -0.05) is 60.7 Å². The third-order valence-corrected chi connectivity index (χ3v) is 6.19. The van der Waals surface area contributed by atoms with Crippen LogP contribution in [-0.2, 0) is 15.6 Å². The summed E-state index contributed by atoms with van der Waals surface area (Å²) in [5, 5.41) is 25.2. The third kappa shape index (κ3) is 6.21. The van der Waals surface area contributed by atoms with Gasteiger partial charge in [0.1, 0.15) is 0 Å². The molecule has 3 N–H and O–H groups in total. The van der Waals surface area contributed by atoms with Crippen LogP contribution in [0.4, 0.5) is 0 Å². The lowest BCUT2D eigenvalue weighted by Gasteiger charge is -2.34. The van der Waals surface area contributed by atoms with Gasteiger partial charge in [0.05, 0.1) is 16.9 Å². The highest BCUT2D eigenvalue weighted by Crippen LogP contribution is 2.34. The lowest BCUT2D eigenvalue weighted by molar-refractivity contribution is -0.145. The smallest absolute Gasteiger partial charge is 0.314 e. The minimum atomic E-state index is -0.699. The van der Waals surface area contributed by atoms with Gasteiger partial charge in [0.2, 0.25) is 0 Å². The standard InChI is InChI=1S/C12H14N2.C12H15NO2.2ClH/c13-10-12(6-8-14-9-7-12)11-4-2-1-3-5-11;14-11(15)12(6-8-13-9-7-12)10-4-2-1-3-5-10;;/h1-5,14H,6-9H2;1-5,13H,6-9H2,(H,14,15);2*1H. The SMILES string of the molecule is Cl.Cl.N#CC1(c2ccccc2)CCNCC1.O=C(O)C1(c2ccccc2)CCNCC1. The fraction of sp³-hybridized carbons (Fsp3) is 0.417. The van der Waals surface area contributed by atoms with Gasteiger partial charge in [-0.05, 0) is 63.0 Å². The predicted molar refractivity (Wildman–Crippen MR) is 128 cm³/mol. The lowest BCUT2D eigenvalue weighted by atomic mass is 9.73.